The molecule has 6 heteroatoms. The molecule has 0 bridgehead atoms. The Labute approximate surface area is 139 Å². The third-order valence-corrected chi connectivity index (χ3v) is 3.07. The number of ether oxygens (including phenoxy) is 1. The lowest BCUT2D eigenvalue weighted by molar-refractivity contribution is 0.0490. The molecule has 1 aromatic heterocycles. The highest BCUT2D eigenvalue weighted by molar-refractivity contribution is 6.02. The normalized spacial score (nSPS) is 12.3. The molecule has 1 N–H and O–H groups in total. The van der Waals surface area contributed by atoms with Crippen LogP contribution in [0.15, 0.2) is 48.8 Å². The molecule has 1 atom stereocenters. The molecule has 0 fully saturated rings. The molecule has 0 aliphatic carbocycles. The second kappa shape index (κ2) is 7.21. The Morgan fingerprint density at radius 3 is 2.38 bits per heavy atom. The van der Waals surface area contributed by atoms with E-state index in [-0.39, 0.29) is 11.3 Å². The largest absolute Gasteiger partial charge is 0.444 e. The Balaban J connectivity index is 2.28. The fourth-order valence-corrected chi connectivity index (χ4v) is 2.05. The molecule has 1 unspecified atom stereocenters. The van der Waals surface area contributed by atoms with Crippen LogP contribution in [0.1, 0.15) is 42.7 Å². The van der Waals surface area contributed by atoms with Gasteiger partial charge < -0.3 is 10.1 Å². The molecule has 1 heterocycles. The van der Waals surface area contributed by atoms with E-state index in [0.717, 1.165) is 0 Å². The number of hydrogen-bond donors (Lipinski definition) is 1. The lowest BCUT2D eigenvalue weighted by atomic mass is 9.99. The molecular weight excluding hydrogens is 311 g/mol. The van der Waals surface area contributed by atoms with Gasteiger partial charge in [0.2, 0.25) is 0 Å². The molecule has 126 valence electrons. The van der Waals surface area contributed by atoms with Crippen LogP contribution in [-0.4, -0.2) is 22.5 Å². The SMILES string of the molecule is CC(C)(C)OC(=O)NC(C(=O)c1ccc(F)cc1)c1cccnc1. The molecule has 2 aromatic rings. The van der Waals surface area contributed by atoms with Gasteiger partial charge in [-0.25, -0.2) is 9.18 Å². The van der Waals surface area contributed by atoms with E-state index in [2.05, 4.69) is 10.3 Å². The molecule has 0 spiro atoms. The molecule has 0 aliphatic rings. The molecule has 0 aliphatic heterocycles. The first-order chi connectivity index (χ1) is 11.3. The third kappa shape index (κ3) is 4.87. The van der Waals surface area contributed by atoms with Crippen LogP contribution in [0.25, 0.3) is 0 Å². The average Bonchev–Trinajstić information content (AvgIpc) is 2.52. The highest BCUT2D eigenvalue weighted by atomic mass is 19.1. The number of ketones is 1. The van der Waals surface area contributed by atoms with Crippen LogP contribution in [-0.2, 0) is 4.74 Å². The van der Waals surface area contributed by atoms with E-state index in [9.17, 15) is 14.0 Å². The van der Waals surface area contributed by atoms with Gasteiger partial charge in [0.1, 0.15) is 17.5 Å². The van der Waals surface area contributed by atoms with Crippen molar-refractivity contribution in [2.24, 2.45) is 0 Å². The highest BCUT2D eigenvalue weighted by Crippen LogP contribution is 2.19. The zero-order valence-electron chi connectivity index (χ0n) is 13.7. The van der Waals surface area contributed by atoms with Crippen molar-refractivity contribution in [3.63, 3.8) is 0 Å². The number of pyridine rings is 1. The number of aromatic nitrogens is 1. The summed E-state index contributed by atoms with van der Waals surface area (Å²) in [6.07, 6.45) is 2.34. The predicted molar refractivity (Wildman–Crippen MR) is 87.1 cm³/mol. The van der Waals surface area contributed by atoms with Gasteiger partial charge in [-0.2, -0.15) is 0 Å². The standard InChI is InChI=1S/C18H19FN2O3/c1-18(2,3)24-17(23)21-15(13-5-4-10-20-11-13)16(22)12-6-8-14(19)9-7-12/h4-11,15H,1-3H3,(H,21,23). The number of benzene rings is 1. The van der Waals surface area contributed by atoms with E-state index in [0.29, 0.717) is 5.56 Å². The number of nitrogens with zero attached hydrogens (tertiary/aromatic N) is 1. The summed E-state index contributed by atoms with van der Waals surface area (Å²) in [6.45, 7) is 5.19. The number of Topliss-reactive ketones (excluding diaryl/α,β-unsaturated/α-hetero) is 1. The Kier molecular flexibility index (Phi) is 5.28. The van der Waals surface area contributed by atoms with E-state index in [1.54, 1.807) is 39.1 Å². The smallest absolute Gasteiger partial charge is 0.408 e. The van der Waals surface area contributed by atoms with Crippen LogP contribution in [0.3, 0.4) is 0 Å². The number of carbonyl (C=O) groups is 2. The summed E-state index contributed by atoms with van der Waals surface area (Å²) in [5.74, 6) is -0.821. The maximum absolute atomic E-state index is 13.1. The second-order valence-electron chi connectivity index (χ2n) is 6.24. The first-order valence-electron chi connectivity index (χ1n) is 7.45. The van der Waals surface area contributed by atoms with E-state index in [4.69, 9.17) is 4.74 Å². The van der Waals surface area contributed by atoms with Crippen molar-refractivity contribution < 1.29 is 18.7 Å². The second-order valence-corrected chi connectivity index (χ2v) is 6.24. The summed E-state index contributed by atoms with van der Waals surface area (Å²) in [6, 6.07) is 7.50. The zero-order chi connectivity index (χ0) is 17.7. The van der Waals surface area contributed by atoms with Crippen LogP contribution in [0.5, 0.6) is 0 Å². The van der Waals surface area contributed by atoms with Gasteiger partial charge in [-0.15, -0.1) is 0 Å². The highest BCUT2D eigenvalue weighted by Gasteiger charge is 2.26. The number of nitrogens with one attached hydrogen (secondary N) is 1. The Morgan fingerprint density at radius 1 is 1.17 bits per heavy atom. The molecule has 0 saturated carbocycles. The quantitative estimate of drug-likeness (QED) is 0.869. The number of amides is 1. The van der Waals surface area contributed by atoms with Crippen molar-refractivity contribution in [1.82, 2.24) is 10.3 Å². The summed E-state index contributed by atoms with van der Waals surface area (Å²) >= 11 is 0. The molecule has 1 aromatic carbocycles. The zero-order valence-corrected chi connectivity index (χ0v) is 13.7. The van der Waals surface area contributed by atoms with E-state index >= 15 is 0 Å². The third-order valence-electron chi connectivity index (χ3n) is 3.07. The van der Waals surface area contributed by atoms with Crippen molar-refractivity contribution in [1.29, 1.82) is 0 Å². The lowest BCUT2D eigenvalue weighted by Gasteiger charge is -2.23. The van der Waals surface area contributed by atoms with Gasteiger partial charge in [0.15, 0.2) is 5.78 Å². The van der Waals surface area contributed by atoms with E-state index < -0.39 is 23.6 Å². The summed E-state index contributed by atoms with van der Waals surface area (Å²) in [5.41, 5.74) is 0.0988. The van der Waals surface area contributed by atoms with Gasteiger partial charge in [-0.3, -0.25) is 9.78 Å². The monoisotopic (exact) mass is 330 g/mol. The van der Waals surface area contributed by atoms with Gasteiger partial charge in [0.05, 0.1) is 0 Å². The molecule has 1 amide bonds. The maximum Gasteiger partial charge on any atom is 0.408 e. The minimum Gasteiger partial charge on any atom is -0.444 e. The van der Waals surface area contributed by atoms with Gasteiger partial charge >= 0.3 is 6.09 Å². The molecule has 0 radical (unpaired) electrons. The number of alkyl carbamates (subject to hydrolysis) is 1. The predicted octanol–water partition coefficient (Wildman–Crippen LogP) is 3.67. The molecule has 2 rings (SSSR count). The Bertz CT molecular complexity index is 709. The van der Waals surface area contributed by atoms with Gasteiger partial charge in [-0.1, -0.05) is 6.07 Å². The first kappa shape index (κ1) is 17.6. The van der Waals surface area contributed by atoms with Crippen molar-refractivity contribution in [2.45, 2.75) is 32.4 Å². The van der Waals surface area contributed by atoms with Gasteiger partial charge in [0.25, 0.3) is 0 Å². The fourth-order valence-electron chi connectivity index (χ4n) is 2.05. The lowest BCUT2D eigenvalue weighted by Crippen LogP contribution is -2.38. The van der Waals surface area contributed by atoms with E-state index in [1.165, 1.54) is 30.5 Å². The van der Waals surface area contributed by atoms with Crippen LogP contribution in [0.2, 0.25) is 0 Å². The van der Waals surface area contributed by atoms with Crippen molar-refractivity contribution in [3.8, 4) is 0 Å². The summed E-state index contributed by atoms with van der Waals surface area (Å²) in [5, 5.41) is 2.56. The Hall–Kier alpha value is -2.76. The van der Waals surface area contributed by atoms with Crippen molar-refractivity contribution in [2.75, 3.05) is 0 Å². The molecule has 5 nitrogen and oxygen atoms in total. The first-order valence-corrected chi connectivity index (χ1v) is 7.45. The number of carbonyl (C=O) groups excluding carboxylic acids is 2. The Morgan fingerprint density at radius 2 is 1.83 bits per heavy atom. The van der Waals surface area contributed by atoms with Crippen LogP contribution in [0.4, 0.5) is 9.18 Å². The molecule has 0 saturated heterocycles. The summed E-state index contributed by atoms with van der Waals surface area (Å²) < 4.78 is 18.3. The van der Waals surface area contributed by atoms with Crippen LogP contribution < -0.4 is 5.32 Å². The molecular formula is C18H19FN2O3. The van der Waals surface area contributed by atoms with Gasteiger partial charge in [-0.05, 0) is 51.1 Å². The van der Waals surface area contributed by atoms with Gasteiger partial charge in [0, 0.05) is 23.5 Å². The minimum atomic E-state index is -0.973. The number of halogens is 1. The number of rotatable bonds is 4. The van der Waals surface area contributed by atoms with Crippen molar-refractivity contribution >= 4 is 11.9 Å². The summed E-state index contributed by atoms with van der Waals surface area (Å²) in [4.78, 5) is 28.8. The summed E-state index contributed by atoms with van der Waals surface area (Å²) in [7, 11) is 0. The van der Waals surface area contributed by atoms with Crippen LogP contribution >= 0.6 is 0 Å². The number of hydrogen-bond acceptors (Lipinski definition) is 4. The van der Waals surface area contributed by atoms with Crippen LogP contribution in [0, 0.1) is 5.82 Å². The van der Waals surface area contributed by atoms with E-state index in [1.807, 2.05) is 0 Å². The molecule has 24 heavy (non-hydrogen) atoms. The average molecular weight is 330 g/mol. The fraction of sp³-hybridized carbons (Fsp3) is 0.278. The maximum atomic E-state index is 13.1. The topological polar surface area (TPSA) is 68.3 Å². The minimum absolute atomic E-state index is 0.279. The van der Waals surface area contributed by atoms with Crippen molar-refractivity contribution in [3.05, 3.63) is 65.7 Å².